The number of rotatable bonds is 5. The van der Waals surface area contributed by atoms with E-state index < -0.39 is 0 Å². The number of ether oxygens (including phenoxy) is 1. The summed E-state index contributed by atoms with van der Waals surface area (Å²) in [5, 5.41) is 5.70. The molecule has 0 heterocycles. The number of carbonyl (C=O) groups is 1. The highest BCUT2D eigenvalue weighted by molar-refractivity contribution is 9.10. The molecule has 0 fully saturated rings. The summed E-state index contributed by atoms with van der Waals surface area (Å²) in [6, 6.07) is 13.6. The number of halogens is 1. The Bertz CT molecular complexity index is 645. The van der Waals surface area contributed by atoms with E-state index in [2.05, 4.69) is 26.6 Å². The third-order valence-electron chi connectivity index (χ3n) is 3.26. The van der Waals surface area contributed by atoms with Crippen LogP contribution in [-0.2, 0) is 6.42 Å². The van der Waals surface area contributed by atoms with E-state index in [1.165, 1.54) is 5.56 Å². The number of benzene rings is 2. The molecule has 22 heavy (non-hydrogen) atoms. The van der Waals surface area contributed by atoms with Gasteiger partial charge in [-0.25, -0.2) is 4.79 Å². The van der Waals surface area contributed by atoms with E-state index in [1.54, 1.807) is 7.11 Å². The summed E-state index contributed by atoms with van der Waals surface area (Å²) >= 11 is 3.41. The lowest BCUT2D eigenvalue weighted by Crippen LogP contribution is -2.30. The van der Waals surface area contributed by atoms with Gasteiger partial charge in [-0.05, 0) is 36.6 Å². The number of hydrogen-bond acceptors (Lipinski definition) is 2. The number of methoxy groups -OCH3 is 1. The lowest BCUT2D eigenvalue weighted by Gasteiger charge is -2.14. The lowest BCUT2D eigenvalue weighted by atomic mass is 10.1. The summed E-state index contributed by atoms with van der Waals surface area (Å²) in [6.07, 6.45) is 0.796. The predicted octanol–water partition coefficient (Wildman–Crippen LogP) is 4.13. The van der Waals surface area contributed by atoms with Crippen LogP contribution in [0, 0.1) is 6.92 Å². The van der Waals surface area contributed by atoms with E-state index in [0.29, 0.717) is 18.0 Å². The van der Waals surface area contributed by atoms with Gasteiger partial charge in [0.2, 0.25) is 0 Å². The fourth-order valence-electron chi connectivity index (χ4n) is 2.16. The van der Waals surface area contributed by atoms with E-state index in [-0.39, 0.29) is 6.03 Å². The van der Waals surface area contributed by atoms with Crippen LogP contribution < -0.4 is 15.4 Å². The molecule has 0 aromatic heterocycles. The van der Waals surface area contributed by atoms with Gasteiger partial charge in [-0.15, -0.1) is 0 Å². The number of nitrogens with one attached hydrogen (secondary N) is 2. The molecule has 0 aliphatic carbocycles. The highest BCUT2D eigenvalue weighted by Crippen LogP contribution is 2.31. The Labute approximate surface area is 139 Å². The third kappa shape index (κ3) is 4.49. The molecule has 0 radical (unpaired) electrons. The molecule has 116 valence electrons. The van der Waals surface area contributed by atoms with Crippen LogP contribution in [0.2, 0.25) is 0 Å². The van der Waals surface area contributed by atoms with Gasteiger partial charge in [0.1, 0.15) is 5.75 Å². The Kier molecular flexibility index (Phi) is 5.83. The predicted molar refractivity (Wildman–Crippen MR) is 92.6 cm³/mol. The number of urea groups is 1. The average molecular weight is 363 g/mol. The Morgan fingerprint density at radius 2 is 1.95 bits per heavy atom. The minimum absolute atomic E-state index is 0.236. The van der Waals surface area contributed by atoms with Crippen molar-refractivity contribution >= 4 is 27.6 Å². The first-order valence-electron chi connectivity index (χ1n) is 7.03. The highest BCUT2D eigenvalue weighted by Gasteiger charge is 2.11. The molecule has 2 aromatic rings. The Hall–Kier alpha value is -2.01. The van der Waals surface area contributed by atoms with Crippen molar-refractivity contribution in [1.82, 2.24) is 5.32 Å². The Morgan fingerprint density at radius 3 is 2.64 bits per heavy atom. The molecule has 0 atom stereocenters. The maximum atomic E-state index is 12.0. The van der Waals surface area contributed by atoms with E-state index in [9.17, 15) is 4.79 Å². The quantitative estimate of drug-likeness (QED) is 0.839. The molecule has 0 bridgehead atoms. The van der Waals surface area contributed by atoms with Crippen LogP contribution in [0.1, 0.15) is 11.1 Å². The summed E-state index contributed by atoms with van der Waals surface area (Å²) in [5.41, 5.74) is 2.81. The van der Waals surface area contributed by atoms with Gasteiger partial charge in [0, 0.05) is 11.0 Å². The molecular formula is C17H19BrN2O2. The van der Waals surface area contributed by atoms with Crippen molar-refractivity contribution in [3.8, 4) is 5.75 Å². The first kappa shape index (κ1) is 16.4. The van der Waals surface area contributed by atoms with E-state index in [4.69, 9.17) is 4.74 Å². The van der Waals surface area contributed by atoms with E-state index in [1.807, 2.05) is 49.4 Å². The van der Waals surface area contributed by atoms with Crippen LogP contribution in [0.25, 0.3) is 0 Å². The summed E-state index contributed by atoms with van der Waals surface area (Å²) in [4.78, 5) is 12.0. The fraction of sp³-hybridized carbons (Fsp3) is 0.235. The lowest BCUT2D eigenvalue weighted by molar-refractivity contribution is 0.252. The fourth-order valence-corrected chi connectivity index (χ4v) is 2.71. The molecule has 0 saturated carbocycles. The number of anilines is 1. The van der Waals surface area contributed by atoms with Crippen molar-refractivity contribution in [2.24, 2.45) is 0 Å². The van der Waals surface area contributed by atoms with Crippen LogP contribution in [0.4, 0.5) is 10.5 Å². The van der Waals surface area contributed by atoms with Gasteiger partial charge >= 0.3 is 6.03 Å². The molecule has 2 aromatic carbocycles. The minimum Gasteiger partial charge on any atom is -0.495 e. The zero-order valence-corrected chi connectivity index (χ0v) is 14.2. The summed E-state index contributed by atoms with van der Waals surface area (Å²) < 4.78 is 6.22. The second-order valence-electron chi connectivity index (χ2n) is 4.92. The normalized spacial score (nSPS) is 10.1. The topological polar surface area (TPSA) is 50.4 Å². The van der Waals surface area contributed by atoms with Crippen molar-refractivity contribution in [1.29, 1.82) is 0 Å². The van der Waals surface area contributed by atoms with Crippen LogP contribution in [0.5, 0.6) is 5.75 Å². The molecule has 0 spiro atoms. The summed E-state index contributed by atoms with van der Waals surface area (Å²) in [7, 11) is 1.58. The smallest absolute Gasteiger partial charge is 0.319 e. The molecular weight excluding hydrogens is 344 g/mol. The number of aryl methyl sites for hydroxylation is 1. The second-order valence-corrected chi connectivity index (χ2v) is 5.83. The highest BCUT2D eigenvalue weighted by atomic mass is 79.9. The van der Waals surface area contributed by atoms with E-state index >= 15 is 0 Å². The van der Waals surface area contributed by atoms with Crippen LogP contribution in [0.3, 0.4) is 0 Å². The number of carbonyl (C=O) groups excluding carboxylic acids is 1. The van der Waals surface area contributed by atoms with Crippen molar-refractivity contribution in [3.05, 3.63) is 58.1 Å². The summed E-state index contributed by atoms with van der Waals surface area (Å²) in [6.45, 7) is 2.50. The van der Waals surface area contributed by atoms with Crippen molar-refractivity contribution in [3.63, 3.8) is 0 Å². The van der Waals surface area contributed by atoms with Crippen LogP contribution in [0.15, 0.2) is 46.9 Å². The van der Waals surface area contributed by atoms with Crippen molar-refractivity contribution < 1.29 is 9.53 Å². The molecule has 0 aliphatic heterocycles. The van der Waals surface area contributed by atoms with Gasteiger partial charge in [0.05, 0.1) is 12.8 Å². The molecule has 4 nitrogen and oxygen atoms in total. The van der Waals surface area contributed by atoms with Crippen LogP contribution >= 0.6 is 15.9 Å². The van der Waals surface area contributed by atoms with Gasteiger partial charge in [0.25, 0.3) is 0 Å². The largest absolute Gasteiger partial charge is 0.495 e. The van der Waals surface area contributed by atoms with Crippen molar-refractivity contribution in [2.45, 2.75) is 13.3 Å². The minimum atomic E-state index is -0.236. The monoisotopic (exact) mass is 362 g/mol. The maximum absolute atomic E-state index is 12.0. The Balaban J connectivity index is 1.92. The molecule has 2 rings (SSSR count). The van der Waals surface area contributed by atoms with Crippen LogP contribution in [-0.4, -0.2) is 19.7 Å². The molecule has 2 N–H and O–H groups in total. The van der Waals surface area contributed by atoms with E-state index in [0.717, 1.165) is 16.5 Å². The van der Waals surface area contributed by atoms with Gasteiger partial charge in [-0.2, -0.15) is 0 Å². The maximum Gasteiger partial charge on any atom is 0.319 e. The molecule has 0 saturated heterocycles. The molecule has 5 heteroatoms. The first-order valence-corrected chi connectivity index (χ1v) is 7.82. The summed E-state index contributed by atoms with van der Waals surface area (Å²) in [5.74, 6) is 0.630. The molecule has 0 unspecified atom stereocenters. The number of hydrogen-bond donors (Lipinski definition) is 2. The second kappa shape index (κ2) is 7.84. The standard InChI is InChI=1S/C17H19BrN2O2/c1-12-10-14(18)11-15(22-2)16(12)20-17(21)19-9-8-13-6-4-3-5-7-13/h3-7,10-11H,8-9H2,1-2H3,(H2,19,20,21). The average Bonchev–Trinajstić information content (AvgIpc) is 2.50. The van der Waals surface area contributed by atoms with Crippen molar-refractivity contribution in [2.75, 3.05) is 19.0 Å². The first-order chi connectivity index (χ1) is 10.6. The zero-order valence-electron chi connectivity index (χ0n) is 12.7. The molecule has 2 amide bonds. The van der Waals surface area contributed by atoms with Gasteiger partial charge in [-0.3, -0.25) is 0 Å². The third-order valence-corrected chi connectivity index (χ3v) is 3.72. The molecule has 0 aliphatic rings. The van der Waals surface area contributed by atoms with Gasteiger partial charge < -0.3 is 15.4 Å². The number of amides is 2. The Morgan fingerprint density at radius 1 is 1.23 bits per heavy atom. The zero-order chi connectivity index (χ0) is 15.9. The van der Waals surface area contributed by atoms with Gasteiger partial charge in [-0.1, -0.05) is 46.3 Å². The van der Waals surface area contributed by atoms with Gasteiger partial charge in [0.15, 0.2) is 0 Å². The SMILES string of the molecule is COc1cc(Br)cc(C)c1NC(=O)NCCc1ccccc1.